The van der Waals surface area contributed by atoms with Crippen LogP contribution in [-0.4, -0.2) is 11.6 Å². The van der Waals surface area contributed by atoms with Crippen LogP contribution in [0.15, 0.2) is 11.6 Å². The molecule has 0 aromatic heterocycles. The lowest BCUT2D eigenvalue weighted by Gasteiger charge is -2.42. The molecule has 1 atom stereocenters. The van der Waals surface area contributed by atoms with E-state index in [0.29, 0.717) is 11.5 Å². The van der Waals surface area contributed by atoms with Crippen molar-refractivity contribution < 1.29 is 0 Å². The molecule has 0 aliphatic heterocycles. The van der Waals surface area contributed by atoms with Gasteiger partial charge in [-0.25, -0.2) is 0 Å². The Balaban J connectivity index is 2.72. The molecule has 82 valence electrons. The van der Waals surface area contributed by atoms with E-state index in [-0.39, 0.29) is 5.54 Å². The first-order chi connectivity index (χ1) is 6.21. The standard InChI is InChI=1S/C13H25N/c1-10-7-8-13(5,6)11(9-10)14-12(2,3)4/h7,11,14H,8-9H2,1-6H3. The Morgan fingerprint density at radius 3 is 2.43 bits per heavy atom. The van der Waals surface area contributed by atoms with Gasteiger partial charge >= 0.3 is 0 Å². The lowest BCUT2D eigenvalue weighted by molar-refractivity contribution is 0.190. The molecule has 0 spiro atoms. The molecule has 0 radical (unpaired) electrons. The highest BCUT2D eigenvalue weighted by atomic mass is 15.0. The van der Waals surface area contributed by atoms with Crippen molar-refractivity contribution >= 4 is 0 Å². The van der Waals surface area contributed by atoms with Crippen molar-refractivity contribution in [2.24, 2.45) is 5.41 Å². The molecule has 1 aliphatic rings. The average Bonchev–Trinajstić information content (AvgIpc) is 1.95. The Morgan fingerprint density at radius 1 is 1.36 bits per heavy atom. The van der Waals surface area contributed by atoms with Gasteiger partial charge in [0, 0.05) is 11.6 Å². The van der Waals surface area contributed by atoms with Crippen molar-refractivity contribution in [2.75, 3.05) is 0 Å². The first-order valence-electron chi connectivity index (χ1n) is 5.64. The average molecular weight is 195 g/mol. The monoisotopic (exact) mass is 195 g/mol. The van der Waals surface area contributed by atoms with Crippen LogP contribution in [-0.2, 0) is 0 Å². The van der Waals surface area contributed by atoms with Gasteiger partial charge in [-0.3, -0.25) is 0 Å². The van der Waals surface area contributed by atoms with Crippen LogP contribution < -0.4 is 5.32 Å². The fourth-order valence-electron chi connectivity index (χ4n) is 2.03. The molecule has 0 amide bonds. The van der Waals surface area contributed by atoms with Crippen LogP contribution in [0.4, 0.5) is 0 Å². The fraction of sp³-hybridized carbons (Fsp3) is 0.846. The molecular formula is C13H25N. The summed E-state index contributed by atoms with van der Waals surface area (Å²) in [5, 5.41) is 3.74. The second-order valence-electron chi connectivity index (χ2n) is 6.39. The summed E-state index contributed by atoms with van der Waals surface area (Å²) in [6.45, 7) is 13.7. The fourth-order valence-corrected chi connectivity index (χ4v) is 2.03. The minimum Gasteiger partial charge on any atom is -0.308 e. The van der Waals surface area contributed by atoms with Crippen molar-refractivity contribution in [2.45, 2.75) is 66.0 Å². The maximum atomic E-state index is 3.74. The summed E-state index contributed by atoms with van der Waals surface area (Å²) < 4.78 is 0. The lowest BCUT2D eigenvalue weighted by Crippen LogP contribution is -2.51. The molecule has 0 aromatic rings. The Hall–Kier alpha value is -0.300. The van der Waals surface area contributed by atoms with E-state index in [9.17, 15) is 0 Å². The molecule has 1 N–H and O–H groups in total. The number of allylic oxidation sites excluding steroid dienone is 1. The molecule has 1 heteroatoms. The second-order valence-corrected chi connectivity index (χ2v) is 6.39. The van der Waals surface area contributed by atoms with Gasteiger partial charge in [0.25, 0.3) is 0 Å². The molecule has 1 rings (SSSR count). The molecule has 1 aliphatic carbocycles. The van der Waals surface area contributed by atoms with Crippen LogP contribution in [0, 0.1) is 5.41 Å². The lowest BCUT2D eigenvalue weighted by atomic mass is 9.73. The summed E-state index contributed by atoms with van der Waals surface area (Å²) in [6.07, 6.45) is 4.79. The Bertz CT molecular complexity index is 230. The highest BCUT2D eigenvalue weighted by molar-refractivity contribution is 5.11. The van der Waals surface area contributed by atoms with E-state index in [4.69, 9.17) is 0 Å². The minimum atomic E-state index is 0.222. The predicted molar refractivity (Wildman–Crippen MR) is 63.4 cm³/mol. The van der Waals surface area contributed by atoms with E-state index >= 15 is 0 Å². The summed E-state index contributed by atoms with van der Waals surface area (Å²) in [6, 6.07) is 0.618. The third-order valence-electron chi connectivity index (χ3n) is 3.05. The first-order valence-corrected chi connectivity index (χ1v) is 5.64. The van der Waals surface area contributed by atoms with Crippen LogP contribution in [0.3, 0.4) is 0 Å². The largest absolute Gasteiger partial charge is 0.308 e. The molecule has 0 saturated carbocycles. The zero-order valence-electron chi connectivity index (χ0n) is 10.6. The van der Waals surface area contributed by atoms with E-state index in [1.165, 1.54) is 18.4 Å². The number of rotatable bonds is 1. The number of nitrogens with one attached hydrogen (secondary N) is 1. The Labute approximate surface area is 89.0 Å². The molecule has 0 saturated heterocycles. The summed E-state index contributed by atoms with van der Waals surface area (Å²) in [4.78, 5) is 0. The van der Waals surface area contributed by atoms with Gasteiger partial charge in [0.2, 0.25) is 0 Å². The summed E-state index contributed by atoms with van der Waals surface area (Å²) in [5.74, 6) is 0. The highest BCUT2D eigenvalue weighted by Gasteiger charge is 2.33. The van der Waals surface area contributed by atoms with Gasteiger partial charge in [-0.2, -0.15) is 0 Å². The summed E-state index contributed by atoms with van der Waals surface area (Å²) in [5.41, 5.74) is 2.15. The van der Waals surface area contributed by atoms with E-state index < -0.39 is 0 Å². The van der Waals surface area contributed by atoms with Crippen molar-refractivity contribution in [1.29, 1.82) is 0 Å². The van der Waals surface area contributed by atoms with Crippen molar-refractivity contribution in [3.63, 3.8) is 0 Å². The SMILES string of the molecule is CC1=CCC(C)(C)C(NC(C)(C)C)C1. The van der Waals surface area contributed by atoms with Gasteiger partial charge in [-0.1, -0.05) is 25.5 Å². The number of hydrogen-bond acceptors (Lipinski definition) is 1. The summed E-state index contributed by atoms with van der Waals surface area (Å²) >= 11 is 0. The minimum absolute atomic E-state index is 0.222. The maximum absolute atomic E-state index is 3.74. The van der Waals surface area contributed by atoms with E-state index in [1.54, 1.807) is 0 Å². The molecule has 1 nitrogen and oxygen atoms in total. The van der Waals surface area contributed by atoms with E-state index in [1.807, 2.05) is 0 Å². The molecule has 0 fully saturated rings. The van der Waals surface area contributed by atoms with Crippen LogP contribution in [0.2, 0.25) is 0 Å². The van der Waals surface area contributed by atoms with Crippen molar-refractivity contribution in [1.82, 2.24) is 5.32 Å². The Morgan fingerprint density at radius 2 is 1.93 bits per heavy atom. The summed E-state index contributed by atoms with van der Waals surface area (Å²) in [7, 11) is 0. The molecule has 0 bridgehead atoms. The maximum Gasteiger partial charge on any atom is 0.0163 e. The molecule has 0 aromatic carbocycles. The normalized spacial score (nSPS) is 27.3. The van der Waals surface area contributed by atoms with Gasteiger partial charge < -0.3 is 5.32 Å². The highest BCUT2D eigenvalue weighted by Crippen LogP contribution is 2.35. The second kappa shape index (κ2) is 3.69. The smallest absolute Gasteiger partial charge is 0.0163 e. The molecular weight excluding hydrogens is 170 g/mol. The van der Waals surface area contributed by atoms with Crippen LogP contribution >= 0.6 is 0 Å². The molecule has 14 heavy (non-hydrogen) atoms. The topological polar surface area (TPSA) is 12.0 Å². The van der Waals surface area contributed by atoms with Crippen molar-refractivity contribution in [3.05, 3.63) is 11.6 Å². The van der Waals surface area contributed by atoms with Crippen LogP contribution in [0.5, 0.6) is 0 Å². The van der Waals surface area contributed by atoms with E-state index in [0.717, 1.165) is 0 Å². The molecule has 1 unspecified atom stereocenters. The number of hydrogen-bond donors (Lipinski definition) is 1. The predicted octanol–water partition coefficient (Wildman–Crippen LogP) is 3.51. The van der Waals surface area contributed by atoms with Gasteiger partial charge in [-0.05, 0) is 46.0 Å². The third kappa shape index (κ3) is 3.13. The van der Waals surface area contributed by atoms with Crippen LogP contribution in [0.1, 0.15) is 54.4 Å². The van der Waals surface area contributed by atoms with E-state index in [2.05, 4.69) is 52.9 Å². The van der Waals surface area contributed by atoms with Gasteiger partial charge in [0.05, 0.1) is 0 Å². The first kappa shape index (κ1) is 11.8. The zero-order valence-corrected chi connectivity index (χ0v) is 10.6. The molecule has 0 heterocycles. The van der Waals surface area contributed by atoms with Crippen LogP contribution in [0.25, 0.3) is 0 Å². The zero-order chi connectivity index (χ0) is 11.0. The third-order valence-corrected chi connectivity index (χ3v) is 3.05. The Kier molecular flexibility index (Phi) is 3.10. The van der Waals surface area contributed by atoms with Gasteiger partial charge in [-0.15, -0.1) is 0 Å². The quantitative estimate of drug-likeness (QED) is 0.631. The van der Waals surface area contributed by atoms with Gasteiger partial charge in [0.1, 0.15) is 0 Å². The van der Waals surface area contributed by atoms with Gasteiger partial charge in [0.15, 0.2) is 0 Å². The van der Waals surface area contributed by atoms with Crippen molar-refractivity contribution in [3.8, 4) is 0 Å².